The van der Waals surface area contributed by atoms with Crippen LogP contribution in [0.2, 0.25) is 0 Å². The van der Waals surface area contributed by atoms with Crippen LogP contribution in [0.3, 0.4) is 0 Å². The fourth-order valence-electron chi connectivity index (χ4n) is 2.88. The topological polar surface area (TPSA) is 139 Å². The van der Waals surface area contributed by atoms with Gasteiger partial charge >= 0.3 is 5.69 Å². The van der Waals surface area contributed by atoms with Crippen molar-refractivity contribution in [1.82, 2.24) is 19.7 Å². The quantitative estimate of drug-likeness (QED) is 0.510. The molecule has 0 unspecified atom stereocenters. The van der Waals surface area contributed by atoms with E-state index in [4.69, 9.17) is 10.5 Å². The maximum Gasteiger partial charge on any atom is 0.318 e. The van der Waals surface area contributed by atoms with Gasteiger partial charge in [-0.1, -0.05) is 0 Å². The van der Waals surface area contributed by atoms with Crippen LogP contribution in [0.4, 0.5) is 5.69 Å². The molecule has 0 aliphatic carbocycles. The van der Waals surface area contributed by atoms with Crippen molar-refractivity contribution in [2.75, 3.05) is 7.11 Å². The lowest BCUT2D eigenvalue weighted by molar-refractivity contribution is -0.385. The van der Waals surface area contributed by atoms with Crippen molar-refractivity contribution >= 4 is 11.6 Å². The minimum Gasteiger partial charge on any atom is -0.490 e. The summed E-state index contributed by atoms with van der Waals surface area (Å²) in [6.07, 6.45) is 2.91. The molecular formula is C18H18N6O4. The number of hydrogen-bond donors (Lipinski definition) is 1. The number of hydrogen-bond acceptors (Lipinski definition) is 7. The summed E-state index contributed by atoms with van der Waals surface area (Å²) >= 11 is 0. The number of carbonyl (C=O) groups is 1. The van der Waals surface area contributed by atoms with Crippen molar-refractivity contribution in [2.45, 2.75) is 20.4 Å². The summed E-state index contributed by atoms with van der Waals surface area (Å²) in [5.41, 5.74) is 7.20. The molecule has 0 saturated heterocycles. The average Bonchev–Trinajstić information content (AvgIpc) is 3.07. The van der Waals surface area contributed by atoms with Crippen LogP contribution < -0.4 is 10.5 Å². The SMILES string of the molecule is CCn1nc(C)cc1-c1ncc(-c2cc(C(N)=O)cc(OC)c2[N+](=O)[O-])cn1. The molecule has 1 amide bonds. The van der Waals surface area contributed by atoms with Gasteiger partial charge < -0.3 is 10.5 Å². The molecule has 0 atom stereocenters. The van der Waals surface area contributed by atoms with Gasteiger partial charge in [0.2, 0.25) is 5.91 Å². The number of aromatic nitrogens is 4. The molecule has 0 aliphatic rings. The van der Waals surface area contributed by atoms with E-state index in [1.165, 1.54) is 31.6 Å². The van der Waals surface area contributed by atoms with Gasteiger partial charge in [-0.2, -0.15) is 5.10 Å². The van der Waals surface area contributed by atoms with Crippen LogP contribution in [0, 0.1) is 17.0 Å². The zero-order valence-electron chi connectivity index (χ0n) is 15.5. The summed E-state index contributed by atoms with van der Waals surface area (Å²) in [5.74, 6) is -0.360. The smallest absolute Gasteiger partial charge is 0.318 e. The van der Waals surface area contributed by atoms with Gasteiger partial charge in [0.05, 0.1) is 23.3 Å². The molecule has 2 N–H and O–H groups in total. The second-order valence-electron chi connectivity index (χ2n) is 5.98. The molecule has 0 spiro atoms. The van der Waals surface area contributed by atoms with E-state index in [2.05, 4.69) is 15.1 Å². The predicted molar refractivity (Wildman–Crippen MR) is 101 cm³/mol. The van der Waals surface area contributed by atoms with Crippen LogP contribution in [0.25, 0.3) is 22.6 Å². The van der Waals surface area contributed by atoms with E-state index in [1.807, 2.05) is 19.9 Å². The number of methoxy groups -OCH3 is 1. The molecule has 10 nitrogen and oxygen atoms in total. The molecule has 2 aromatic heterocycles. The summed E-state index contributed by atoms with van der Waals surface area (Å²) in [5, 5.41) is 15.9. The normalized spacial score (nSPS) is 10.7. The first-order valence-corrected chi connectivity index (χ1v) is 8.39. The number of carbonyl (C=O) groups excluding carboxylic acids is 1. The number of nitrogens with two attached hydrogens (primary N) is 1. The third-order valence-corrected chi connectivity index (χ3v) is 4.16. The van der Waals surface area contributed by atoms with Gasteiger partial charge in [-0.3, -0.25) is 19.6 Å². The second kappa shape index (κ2) is 7.43. The van der Waals surface area contributed by atoms with Crippen molar-refractivity contribution < 1.29 is 14.5 Å². The second-order valence-corrected chi connectivity index (χ2v) is 5.98. The molecule has 28 heavy (non-hydrogen) atoms. The van der Waals surface area contributed by atoms with Crippen LogP contribution in [0.1, 0.15) is 23.0 Å². The summed E-state index contributed by atoms with van der Waals surface area (Å²) < 4.78 is 6.85. The molecule has 0 radical (unpaired) electrons. The van der Waals surface area contributed by atoms with Crippen LogP contribution in [-0.4, -0.2) is 37.7 Å². The number of rotatable bonds is 6. The van der Waals surface area contributed by atoms with Gasteiger partial charge in [0.25, 0.3) is 0 Å². The first-order valence-electron chi connectivity index (χ1n) is 8.39. The Hall–Kier alpha value is -3.82. The molecule has 144 valence electrons. The molecule has 0 saturated carbocycles. The van der Waals surface area contributed by atoms with Gasteiger partial charge in [-0.15, -0.1) is 0 Å². The Morgan fingerprint density at radius 3 is 2.50 bits per heavy atom. The molecule has 2 heterocycles. The fourth-order valence-corrected chi connectivity index (χ4v) is 2.88. The van der Waals surface area contributed by atoms with E-state index in [0.717, 1.165) is 11.4 Å². The highest BCUT2D eigenvalue weighted by atomic mass is 16.6. The van der Waals surface area contributed by atoms with E-state index >= 15 is 0 Å². The lowest BCUT2D eigenvalue weighted by Gasteiger charge is -2.10. The maximum atomic E-state index is 11.6. The van der Waals surface area contributed by atoms with Crippen molar-refractivity contribution in [2.24, 2.45) is 5.73 Å². The Labute approximate surface area is 160 Å². The Morgan fingerprint density at radius 1 is 1.29 bits per heavy atom. The van der Waals surface area contributed by atoms with Crippen molar-refractivity contribution in [1.29, 1.82) is 0 Å². The maximum absolute atomic E-state index is 11.6. The molecule has 1 aromatic carbocycles. The van der Waals surface area contributed by atoms with E-state index < -0.39 is 10.8 Å². The van der Waals surface area contributed by atoms with Gasteiger partial charge in [-0.05, 0) is 26.0 Å². The Kier molecular flexibility index (Phi) is 5.03. The third-order valence-electron chi connectivity index (χ3n) is 4.16. The first-order chi connectivity index (χ1) is 13.3. The zero-order chi connectivity index (χ0) is 20.4. The molecule has 0 fully saturated rings. The number of nitro groups is 1. The van der Waals surface area contributed by atoms with Crippen molar-refractivity contribution in [3.8, 4) is 28.4 Å². The van der Waals surface area contributed by atoms with Crippen LogP contribution >= 0.6 is 0 Å². The van der Waals surface area contributed by atoms with Gasteiger partial charge in [0.15, 0.2) is 11.6 Å². The highest BCUT2D eigenvalue weighted by Crippen LogP contribution is 2.38. The number of nitrogens with zero attached hydrogens (tertiary/aromatic N) is 5. The minimum atomic E-state index is -0.727. The zero-order valence-corrected chi connectivity index (χ0v) is 15.5. The van der Waals surface area contributed by atoms with Crippen LogP contribution in [0.5, 0.6) is 5.75 Å². The summed E-state index contributed by atoms with van der Waals surface area (Å²) in [6, 6.07) is 4.43. The summed E-state index contributed by atoms with van der Waals surface area (Å²) in [4.78, 5) is 31.3. The van der Waals surface area contributed by atoms with Crippen molar-refractivity contribution in [3.05, 3.63) is 52.0 Å². The Bertz CT molecular complexity index is 1060. The molecule has 3 rings (SSSR count). The van der Waals surface area contributed by atoms with Crippen LogP contribution in [0.15, 0.2) is 30.6 Å². The monoisotopic (exact) mass is 382 g/mol. The van der Waals surface area contributed by atoms with Crippen LogP contribution in [-0.2, 0) is 6.54 Å². The first kappa shape index (κ1) is 19.0. The molecule has 10 heteroatoms. The molecule has 3 aromatic rings. The number of benzene rings is 1. The lowest BCUT2D eigenvalue weighted by atomic mass is 10.0. The van der Waals surface area contributed by atoms with E-state index in [-0.39, 0.29) is 22.6 Å². The Balaban J connectivity index is 2.14. The third kappa shape index (κ3) is 3.39. The molecular weight excluding hydrogens is 364 g/mol. The Morgan fingerprint density at radius 2 is 1.96 bits per heavy atom. The highest BCUT2D eigenvalue weighted by Gasteiger charge is 2.25. The van der Waals surface area contributed by atoms with Gasteiger partial charge in [0.1, 0.15) is 5.69 Å². The standard InChI is InChI=1S/C18H18N6O4/c1-4-23-14(5-10(2)22-23)18-20-8-12(9-21-18)13-6-11(17(19)25)7-15(28-3)16(13)24(26)27/h5-9H,4H2,1-3H3,(H2,19,25). The highest BCUT2D eigenvalue weighted by molar-refractivity contribution is 5.96. The van der Waals surface area contributed by atoms with Gasteiger partial charge in [0, 0.05) is 36.1 Å². The number of primary amides is 1. The van der Waals surface area contributed by atoms with Gasteiger partial charge in [-0.25, -0.2) is 9.97 Å². The number of nitro benzene ring substituents is 1. The molecule has 0 aliphatic heterocycles. The lowest BCUT2D eigenvalue weighted by Crippen LogP contribution is -2.12. The predicted octanol–water partition coefficient (Wildman–Crippen LogP) is 2.35. The average molecular weight is 382 g/mol. The summed E-state index contributed by atoms with van der Waals surface area (Å²) in [6.45, 7) is 4.47. The van der Waals surface area contributed by atoms with Crippen molar-refractivity contribution in [3.63, 3.8) is 0 Å². The summed E-state index contributed by atoms with van der Waals surface area (Å²) in [7, 11) is 1.28. The number of aryl methyl sites for hydroxylation is 2. The fraction of sp³-hybridized carbons (Fsp3) is 0.222. The van der Waals surface area contributed by atoms with E-state index in [1.54, 1.807) is 4.68 Å². The number of ether oxygens (including phenoxy) is 1. The minimum absolute atomic E-state index is 0.0694. The van der Waals surface area contributed by atoms with E-state index in [9.17, 15) is 14.9 Å². The van der Waals surface area contributed by atoms with E-state index in [0.29, 0.717) is 17.9 Å². The molecule has 0 bridgehead atoms. The number of amides is 1. The largest absolute Gasteiger partial charge is 0.490 e.